The summed E-state index contributed by atoms with van der Waals surface area (Å²) in [4.78, 5) is 0.285. The van der Waals surface area contributed by atoms with E-state index in [-0.39, 0.29) is 4.99 Å². The summed E-state index contributed by atoms with van der Waals surface area (Å²) < 4.78 is 16.8. The number of benzene rings is 3. The Hall–Kier alpha value is -2.79. The lowest BCUT2D eigenvalue weighted by Crippen LogP contribution is -2.14. The van der Waals surface area contributed by atoms with Crippen LogP contribution in [0.15, 0.2) is 60.7 Å². The van der Waals surface area contributed by atoms with Crippen LogP contribution in [0.1, 0.15) is 5.56 Å². The van der Waals surface area contributed by atoms with E-state index in [9.17, 15) is 0 Å². The maximum atomic E-state index is 5.78. The van der Waals surface area contributed by atoms with Gasteiger partial charge < -0.3 is 19.9 Å². The first-order chi connectivity index (χ1) is 12.2. The van der Waals surface area contributed by atoms with E-state index < -0.39 is 0 Å². The van der Waals surface area contributed by atoms with Crippen LogP contribution < -0.4 is 19.9 Å². The average molecular weight is 353 g/mol. The molecule has 0 amide bonds. The molecule has 128 valence electrons. The van der Waals surface area contributed by atoms with Gasteiger partial charge in [0.2, 0.25) is 0 Å². The second-order valence-electron chi connectivity index (χ2n) is 5.43. The van der Waals surface area contributed by atoms with Crippen molar-refractivity contribution in [1.29, 1.82) is 0 Å². The summed E-state index contributed by atoms with van der Waals surface area (Å²) in [5.41, 5.74) is 6.42. The summed E-state index contributed by atoms with van der Waals surface area (Å²) in [5.74, 6) is 2.09. The molecule has 0 fully saturated rings. The Morgan fingerprint density at radius 3 is 2.36 bits per heavy atom. The van der Waals surface area contributed by atoms with Crippen LogP contribution in [0.3, 0.4) is 0 Å². The molecule has 0 unspecified atom stereocenters. The Balaban J connectivity index is 1.61. The third kappa shape index (κ3) is 4.19. The fraction of sp³-hybridized carbons (Fsp3) is 0.150. The SMILES string of the molecule is COc1ccc(C(N)=S)c(OCCOc2ccc3ccccc3c2)c1. The van der Waals surface area contributed by atoms with Crippen molar-refractivity contribution in [2.75, 3.05) is 20.3 Å². The number of thiocarbonyl (C=S) groups is 1. The molecule has 0 aliphatic carbocycles. The van der Waals surface area contributed by atoms with E-state index in [4.69, 9.17) is 32.2 Å². The van der Waals surface area contributed by atoms with Gasteiger partial charge in [0.25, 0.3) is 0 Å². The van der Waals surface area contributed by atoms with Gasteiger partial charge in [-0.25, -0.2) is 0 Å². The van der Waals surface area contributed by atoms with Crippen LogP contribution in [0.2, 0.25) is 0 Å². The normalized spacial score (nSPS) is 10.4. The van der Waals surface area contributed by atoms with E-state index in [1.807, 2.05) is 30.3 Å². The lowest BCUT2D eigenvalue weighted by atomic mass is 10.1. The molecule has 0 radical (unpaired) electrons. The molecule has 3 aromatic carbocycles. The van der Waals surface area contributed by atoms with Gasteiger partial charge in [-0.05, 0) is 35.0 Å². The van der Waals surface area contributed by atoms with Gasteiger partial charge in [-0.2, -0.15) is 0 Å². The van der Waals surface area contributed by atoms with Crippen LogP contribution in [-0.2, 0) is 0 Å². The molecule has 4 nitrogen and oxygen atoms in total. The Morgan fingerprint density at radius 1 is 0.880 bits per heavy atom. The number of hydrogen-bond donors (Lipinski definition) is 1. The molecule has 25 heavy (non-hydrogen) atoms. The van der Waals surface area contributed by atoms with E-state index in [1.54, 1.807) is 25.3 Å². The van der Waals surface area contributed by atoms with Crippen LogP contribution in [0, 0.1) is 0 Å². The molecule has 0 bridgehead atoms. The standard InChI is InChI=1S/C20H19NO3S/c1-22-16-8-9-18(20(21)25)19(13-16)24-11-10-23-17-7-6-14-4-2-3-5-15(14)12-17/h2-9,12-13H,10-11H2,1H3,(H2,21,25). The van der Waals surface area contributed by atoms with E-state index in [2.05, 4.69) is 12.1 Å². The van der Waals surface area contributed by atoms with Crippen LogP contribution in [0.25, 0.3) is 10.8 Å². The van der Waals surface area contributed by atoms with Crippen LogP contribution in [0.4, 0.5) is 0 Å². The van der Waals surface area contributed by atoms with Crippen molar-refractivity contribution >= 4 is 28.0 Å². The Bertz CT molecular complexity index is 895. The van der Waals surface area contributed by atoms with E-state index in [1.165, 1.54) is 5.39 Å². The zero-order chi connectivity index (χ0) is 17.6. The molecule has 2 N–H and O–H groups in total. The number of hydrogen-bond acceptors (Lipinski definition) is 4. The number of rotatable bonds is 7. The van der Waals surface area contributed by atoms with Gasteiger partial charge in [0, 0.05) is 6.07 Å². The lowest BCUT2D eigenvalue weighted by Gasteiger charge is -2.13. The minimum atomic E-state index is 0.285. The molecule has 0 aromatic heterocycles. The van der Waals surface area contributed by atoms with Gasteiger partial charge in [-0.15, -0.1) is 0 Å². The molecule has 0 aliphatic rings. The quantitative estimate of drug-likeness (QED) is 0.515. The Labute approximate surface area is 152 Å². The monoisotopic (exact) mass is 353 g/mol. The summed E-state index contributed by atoms with van der Waals surface area (Å²) in [6.07, 6.45) is 0. The summed E-state index contributed by atoms with van der Waals surface area (Å²) >= 11 is 5.06. The Morgan fingerprint density at radius 2 is 1.60 bits per heavy atom. The fourth-order valence-electron chi connectivity index (χ4n) is 2.52. The zero-order valence-corrected chi connectivity index (χ0v) is 14.7. The fourth-order valence-corrected chi connectivity index (χ4v) is 2.69. The maximum Gasteiger partial charge on any atom is 0.133 e. The second-order valence-corrected chi connectivity index (χ2v) is 5.87. The summed E-state index contributed by atoms with van der Waals surface area (Å²) in [6, 6.07) is 19.5. The van der Waals surface area contributed by atoms with Gasteiger partial charge in [-0.3, -0.25) is 0 Å². The van der Waals surface area contributed by atoms with Crippen molar-refractivity contribution in [3.8, 4) is 17.2 Å². The first kappa shape index (κ1) is 17.0. The third-order valence-electron chi connectivity index (χ3n) is 3.78. The molecule has 0 aliphatic heterocycles. The molecule has 3 aromatic rings. The smallest absolute Gasteiger partial charge is 0.133 e. The molecule has 0 atom stereocenters. The molecule has 0 heterocycles. The van der Waals surface area contributed by atoms with E-state index in [0.29, 0.717) is 30.3 Å². The molecular formula is C20H19NO3S. The highest BCUT2D eigenvalue weighted by Gasteiger charge is 2.08. The average Bonchev–Trinajstić information content (AvgIpc) is 2.64. The molecular weight excluding hydrogens is 334 g/mol. The Kier molecular flexibility index (Phi) is 5.36. The largest absolute Gasteiger partial charge is 0.497 e. The van der Waals surface area contributed by atoms with Crippen molar-refractivity contribution in [1.82, 2.24) is 0 Å². The van der Waals surface area contributed by atoms with Crippen LogP contribution >= 0.6 is 12.2 Å². The molecule has 0 saturated carbocycles. The maximum absolute atomic E-state index is 5.78. The zero-order valence-electron chi connectivity index (χ0n) is 13.9. The highest BCUT2D eigenvalue weighted by Crippen LogP contribution is 2.25. The van der Waals surface area contributed by atoms with Crippen LogP contribution in [-0.4, -0.2) is 25.3 Å². The number of ether oxygens (including phenoxy) is 3. The number of fused-ring (bicyclic) bond motifs is 1. The van der Waals surface area contributed by atoms with Gasteiger partial charge in [0.1, 0.15) is 35.5 Å². The first-order valence-electron chi connectivity index (χ1n) is 7.89. The van der Waals surface area contributed by atoms with Gasteiger partial charge in [-0.1, -0.05) is 42.5 Å². The van der Waals surface area contributed by atoms with Crippen molar-refractivity contribution in [3.63, 3.8) is 0 Å². The van der Waals surface area contributed by atoms with Crippen LogP contribution in [0.5, 0.6) is 17.2 Å². The summed E-state index contributed by atoms with van der Waals surface area (Å²) in [6.45, 7) is 0.780. The van der Waals surface area contributed by atoms with Gasteiger partial charge >= 0.3 is 0 Å². The highest BCUT2D eigenvalue weighted by atomic mass is 32.1. The second kappa shape index (κ2) is 7.85. The summed E-state index contributed by atoms with van der Waals surface area (Å²) in [7, 11) is 1.60. The lowest BCUT2D eigenvalue weighted by molar-refractivity contribution is 0.216. The molecule has 0 saturated heterocycles. The summed E-state index contributed by atoms with van der Waals surface area (Å²) in [5, 5.41) is 2.33. The third-order valence-corrected chi connectivity index (χ3v) is 4.00. The topological polar surface area (TPSA) is 53.7 Å². The van der Waals surface area contributed by atoms with E-state index >= 15 is 0 Å². The predicted molar refractivity (Wildman–Crippen MR) is 104 cm³/mol. The van der Waals surface area contributed by atoms with Crippen molar-refractivity contribution < 1.29 is 14.2 Å². The molecule has 0 spiro atoms. The van der Waals surface area contributed by atoms with E-state index in [0.717, 1.165) is 11.1 Å². The highest BCUT2D eigenvalue weighted by molar-refractivity contribution is 7.80. The number of nitrogens with two attached hydrogens (primary N) is 1. The van der Waals surface area contributed by atoms with Crippen molar-refractivity contribution in [3.05, 3.63) is 66.2 Å². The predicted octanol–water partition coefficient (Wildman–Crippen LogP) is 3.94. The van der Waals surface area contributed by atoms with Gasteiger partial charge in [0.05, 0.1) is 12.7 Å². The minimum Gasteiger partial charge on any atom is -0.497 e. The van der Waals surface area contributed by atoms with Crippen molar-refractivity contribution in [2.24, 2.45) is 5.73 Å². The number of methoxy groups -OCH3 is 1. The minimum absolute atomic E-state index is 0.285. The van der Waals surface area contributed by atoms with Gasteiger partial charge in [0.15, 0.2) is 0 Å². The van der Waals surface area contributed by atoms with Crippen molar-refractivity contribution in [2.45, 2.75) is 0 Å². The first-order valence-corrected chi connectivity index (χ1v) is 8.30. The molecule has 5 heteroatoms. The molecule has 3 rings (SSSR count).